The number of imide groups is 1. The van der Waals surface area contributed by atoms with Crippen LogP contribution in [0.3, 0.4) is 0 Å². The zero-order valence-corrected chi connectivity index (χ0v) is 17.2. The molecule has 1 aliphatic rings. The quantitative estimate of drug-likeness (QED) is 0.567. The van der Waals surface area contributed by atoms with Crippen LogP contribution >= 0.6 is 27.7 Å². The van der Waals surface area contributed by atoms with Gasteiger partial charge in [-0.1, -0.05) is 34.1 Å². The molecule has 0 atom stereocenters. The molecule has 6 nitrogen and oxygen atoms in total. The molecular formula is C20H15BrN2O4S. The first-order valence-corrected chi connectivity index (χ1v) is 9.95. The van der Waals surface area contributed by atoms with Gasteiger partial charge < -0.3 is 9.47 Å². The molecule has 8 heteroatoms. The van der Waals surface area contributed by atoms with Crippen molar-refractivity contribution in [2.24, 2.45) is 0 Å². The second-order valence-corrected chi connectivity index (χ2v) is 7.40. The summed E-state index contributed by atoms with van der Waals surface area (Å²) in [6.07, 6.45) is 1.63. The van der Waals surface area contributed by atoms with Crippen LogP contribution in [0.4, 0.5) is 10.5 Å². The van der Waals surface area contributed by atoms with Crippen LogP contribution in [-0.4, -0.2) is 24.4 Å². The molecule has 0 radical (unpaired) electrons. The molecule has 0 spiro atoms. The van der Waals surface area contributed by atoms with E-state index in [2.05, 4.69) is 15.9 Å². The maximum atomic E-state index is 12.8. The molecule has 1 saturated heterocycles. The Morgan fingerprint density at radius 1 is 1.18 bits per heavy atom. The molecule has 0 saturated carbocycles. The van der Waals surface area contributed by atoms with Crippen molar-refractivity contribution in [2.75, 3.05) is 18.1 Å². The molecule has 1 aliphatic heterocycles. The summed E-state index contributed by atoms with van der Waals surface area (Å²) < 4.78 is 11.6. The zero-order chi connectivity index (χ0) is 20.1. The molecular weight excluding hydrogens is 444 g/mol. The number of nitrogens with zero attached hydrogens (tertiary/aromatic N) is 2. The first kappa shape index (κ1) is 20.0. The highest BCUT2D eigenvalue weighted by Crippen LogP contribution is 2.39. The average Bonchev–Trinajstić information content (AvgIpc) is 2.97. The maximum absolute atomic E-state index is 12.8. The number of halogens is 1. The predicted molar refractivity (Wildman–Crippen MR) is 111 cm³/mol. The molecule has 2 amide bonds. The summed E-state index contributed by atoms with van der Waals surface area (Å²) in [6, 6.07) is 14.1. The second-order valence-electron chi connectivity index (χ2n) is 5.55. The van der Waals surface area contributed by atoms with Crippen LogP contribution in [0.25, 0.3) is 6.08 Å². The number of thioether (sulfide) groups is 1. The van der Waals surface area contributed by atoms with Gasteiger partial charge in [0.2, 0.25) is 0 Å². The Kier molecular flexibility index (Phi) is 6.39. The summed E-state index contributed by atoms with van der Waals surface area (Å²) in [5.41, 5.74) is 1.19. The van der Waals surface area contributed by atoms with Gasteiger partial charge in [-0.05, 0) is 54.6 Å². The molecule has 0 aliphatic carbocycles. The minimum absolute atomic E-state index is 0.109. The third-order valence-corrected chi connectivity index (χ3v) is 5.31. The molecule has 1 heterocycles. The Morgan fingerprint density at radius 3 is 2.57 bits per heavy atom. The Morgan fingerprint density at radius 2 is 1.89 bits per heavy atom. The lowest BCUT2D eigenvalue weighted by Gasteiger charge is -2.13. The SMILES string of the molecule is CCOc1cc(/C=C2\SC(=O)N(c3ccccc3)C2=O)c(Br)cc1OCC#N. The fraction of sp³-hybridized carbons (Fsp3) is 0.150. The standard InChI is InChI=1S/C20H15BrN2O4S/c1-2-26-16-10-13(15(21)12-17(16)27-9-8-22)11-18-19(24)23(20(25)28-18)14-6-4-3-5-7-14/h3-7,10-12H,2,9H2,1H3/b18-11-. The molecule has 2 aromatic rings. The normalized spacial score (nSPS) is 15.0. The molecule has 0 aromatic heterocycles. The van der Waals surface area contributed by atoms with E-state index in [-0.39, 0.29) is 17.8 Å². The number of rotatable bonds is 6. The van der Waals surface area contributed by atoms with E-state index in [1.807, 2.05) is 19.1 Å². The fourth-order valence-corrected chi connectivity index (χ4v) is 3.83. The minimum atomic E-state index is -0.379. The van der Waals surface area contributed by atoms with Crippen LogP contribution in [0, 0.1) is 11.3 Å². The highest BCUT2D eigenvalue weighted by Gasteiger charge is 2.36. The first-order valence-electron chi connectivity index (χ1n) is 8.34. The number of carbonyl (C=O) groups is 2. The number of hydrogen-bond donors (Lipinski definition) is 0. The van der Waals surface area contributed by atoms with Gasteiger partial charge in [-0.3, -0.25) is 9.59 Å². The average molecular weight is 459 g/mol. The fourth-order valence-electron chi connectivity index (χ4n) is 2.56. The topological polar surface area (TPSA) is 79.6 Å². The van der Waals surface area contributed by atoms with E-state index in [9.17, 15) is 9.59 Å². The van der Waals surface area contributed by atoms with Crippen LogP contribution in [0.2, 0.25) is 0 Å². The summed E-state index contributed by atoms with van der Waals surface area (Å²) in [7, 11) is 0. The van der Waals surface area contributed by atoms with Crippen molar-refractivity contribution in [1.82, 2.24) is 0 Å². The molecule has 2 aromatic carbocycles. The molecule has 28 heavy (non-hydrogen) atoms. The van der Waals surface area contributed by atoms with E-state index in [0.717, 1.165) is 16.7 Å². The summed E-state index contributed by atoms with van der Waals surface area (Å²) >= 11 is 4.32. The Bertz CT molecular complexity index is 986. The van der Waals surface area contributed by atoms with Crippen LogP contribution in [0.1, 0.15) is 12.5 Å². The number of para-hydroxylation sites is 1. The molecule has 0 unspecified atom stereocenters. The number of carbonyl (C=O) groups excluding carboxylic acids is 2. The Hall–Kier alpha value is -2.76. The molecule has 3 rings (SSSR count). The van der Waals surface area contributed by atoms with Gasteiger partial charge in [0, 0.05) is 4.47 Å². The van der Waals surface area contributed by atoms with E-state index in [1.54, 1.807) is 42.5 Å². The van der Waals surface area contributed by atoms with Gasteiger partial charge in [0.25, 0.3) is 11.1 Å². The highest BCUT2D eigenvalue weighted by atomic mass is 79.9. The van der Waals surface area contributed by atoms with Gasteiger partial charge in [0.05, 0.1) is 17.2 Å². The van der Waals surface area contributed by atoms with E-state index < -0.39 is 0 Å². The monoisotopic (exact) mass is 458 g/mol. The summed E-state index contributed by atoms with van der Waals surface area (Å²) in [4.78, 5) is 26.6. The minimum Gasteiger partial charge on any atom is -0.490 e. The smallest absolute Gasteiger partial charge is 0.298 e. The number of anilines is 1. The molecule has 142 valence electrons. The van der Waals surface area contributed by atoms with Gasteiger partial charge >= 0.3 is 0 Å². The highest BCUT2D eigenvalue weighted by molar-refractivity contribution is 9.10. The van der Waals surface area contributed by atoms with Crippen molar-refractivity contribution in [3.8, 4) is 17.6 Å². The number of nitriles is 1. The summed E-state index contributed by atoms with van der Waals surface area (Å²) in [5, 5.41) is 8.37. The molecule has 0 N–H and O–H groups in total. The van der Waals surface area contributed by atoms with Crippen LogP contribution in [-0.2, 0) is 4.79 Å². The van der Waals surface area contributed by atoms with Crippen molar-refractivity contribution in [3.05, 3.63) is 57.4 Å². The molecule has 0 bridgehead atoms. The number of hydrogen-bond acceptors (Lipinski definition) is 6. The number of benzene rings is 2. The van der Waals surface area contributed by atoms with Crippen LogP contribution < -0.4 is 14.4 Å². The number of amides is 2. The molecule has 1 fully saturated rings. The van der Waals surface area contributed by atoms with Crippen molar-refractivity contribution < 1.29 is 19.1 Å². The van der Waals surface area contributed by atoms with Crippen molar-refractivity contribution >= 4 is 50.6 Å². The predicted octanol–water partition coefficient (Wildman–Crippen LogP) is 4.99. The third kappa shape index (κ3) is 4.21. The van der Waals surface area contributed by atoms with Crippen molar-refractivity contribution in [1.29, 1.82) is 5.26 Å². The van der Waals surface area contributed by atoms with E-state index >= 15 is 0 Å². The first-order chi connectivity index (χ1) is 13.5. The van der Waals surface area contributed by atoms with E-state index in [0.29, 0.717) is 38.7 Å². The Balaban J connectivity index is 1.95. The maximum Gasteiger partial charge on any atom is 0.298 e. The van der Waals surface area contributed by atoms with Crippen LogP contribution in [0.5, 0.6) is 11.5 Å². The third-order valence-electron chi connectivity index (χ3n) is 3.75. The van der Waals surface area contributed by atoms with Gasteiger partial charge in [-0.25, -0.2) is 4.90 Å². The van der Waals surface area contributed by atoms with Crippen molar-refractivity contribution in [2.45, 2.75) is 6.92 Å². The van der Waals surface area contributed by atoms with E-state index in [4.69, 9.17) is 14.7 Å². The second kappa shape index (κ2) is 8.95. The van der Waals surface area contributed by atoms with E-state index in [1.165, 1.54) is 0 Å². The van der Waals surface area contributed by atoms with Gasteiger partial charge in [0.15, 0.2) is 18.1 Å². The van der Waals surface area contributed by atoms with Gasteiger partial charge in [0.1, 0.15) is 6.07 Å². The van der Waals surface area contributed by atoms with Crippen LogP contribution in [0.15, 0.2) is 51.8 Å². The summed E-state index contributed by atoms with van der Waals surface area (Å²) in [5.74, 6) is 0.496. The van der Waals surface area contributed by atoms with Gasteiger partial charge in [-0.2, -0.15) is 5.26 Å². The zero-order valence-electron chi connectivity index (χ0n) is 14.8. The lowest BCUT2D eigenvalue weighted by Crippen LogP contribution is -2.27. The largest absolute Gasteiger partial charge is 0.490 e. The summed E-state index contributed by atoms with van der Waals surface area (Å²) in [6.45, 7) is 2.14. The van der Waals surface area contributed by atoms with Crippen molar-refractivity contribution in [3.63, 3.8) is 0 Å². The lowest BCUT2D eigenvalue weighted by atomic mass is 10.1. The van der Waals surface area contributed by atoms with Gasteiger partial charge in [-0.15, -0.1) is 0 Å². The number of ether oxygens (including phenoxy) is 2. The lowest BCUT2D eigenvalue weighted by molar-refractivity contribution is -0.113. The Labute approximate surface area is 174 Å².